The Hall–Kier alpha value is -3.15. The number of aromatic hydroxyl groups is 1. The van der Waals surface area contributed by atoms with Crippen molar-refractivity contribution in [2.24, 2.45) is 23.5 Å². The second kappa shape index (κ2) is 11.3. The lowest BCUT2D eigenvalue weighted by Crippen LogP contribution is -2.51. The number of hydrogen-bond donors (Lipinski definition) is 3. The first-order valence-electron chi connectivity index (χ1n) is 15.1. The molecule has 12 heteroatoms. The first-order chi connectivity index (χ1) is 19.4. The van der Waals surface area contributed by atoms with Crippen LogP contribution in [0.5, 0.6) is 5.88 Å². The van der Waals surface area contributed by atoms with Gasteiger partial charge < -0.3 is 20.5 Å². The van der Waals surface area contributed by atoms with Crippen molar-refractivity contribution >= 4 is 17.8 Å². The van der Waals surface area contributed by atoms with Crippen LogP contribution in [0.3, 0.4) is 0 Å². The van der Waals surface area contributed by atoms with Gasteiger partial charge in [-0.25, -0.2) is 9.59 Å². The van der Waals surface area contributed by atoms with Gasteiger partial charge in [-0.2, -0.15) is 0 Å². The van der Waals surface area contributed by atoms with Gasteiger partial charge >= 0.3 is 11.7 Å². The van der Waals surface area contributed by atoms with Crippen LogP contribution in [0.2, 0.25) is 0 Å². The van der Waals surface area contributed by atoms with Crippen molar-refractivity contribution < 1.29 is 19.4 Å². The third-order valence-electron chi connectivity index (χ3n) is 10.1. The Morgan fingerprint density at radius 1 is 1.02 bits per heavy atom. The Morgan fingerprint density at radius 3 is 2.29 bits per heavy atom. The second-order valence-electron chi connectivity index (χ2n) is 13.0. The Balaban J connectivity index is 1.33. The van der Waals surface area contributed by atoms with E-state index in [2.05, 4.69) is 0 Å². The minimum absolute atomic E-state index is 0.131. The van der Waals surface area contributed by atoms with Gasteiger partial charge in [-0.1, -0.05) is 6.42 Å². The van der Waals surface area contributed by atoms with Gasteiger partial charge in [-0.05, 0) is 89.4 Å². The fourth-order valence-electron chi connectivity index (χ4n) is 7.43. The van der Waals surface area contributed by atoms with E-state index in [4.69, 9.17) is 15.9 Å². The number of rotatable bonds is 8. The minimum Gasteiger partial charge on any atom is -0.494 e. The number of carbonyl (C=O) groups excluding carboxylic acids is 2. The standard InChI is InChI=1S/C29H44N6O6/c1-17-13-20(11-12-41-17)16-34-27(39)32(3)26(38)29(34,2)14-18-7-9-21(10-8-18)35-25(37)22(23(30)31)24(36)33(28(35)40)15-19-5-4-6-19/h17-21,36H,4-16H2,1-3H3,(H3,30,31)/t17-,18?,20-,21?,29-/m0/s1. The van der Waals surface area contributed by atoms with E-state index in [-0.39, 0.29) is 41.4 Å². The Labute approximate surface area is 239 Å². The van der Waals surface area contributed by atoms with E-state index < -0.39 is 34.5 Å². The van der Waals surface area contributed by atoms with Crippen LogP contribution < -0.4 is 17.0 Å². The molecule has 0 aromatic carbocycles. The molecule has 5 rings (SSSR count). The number of amidine groups is 1. The number of aromatic nitrogens is 2. The van der Waals surface area contributed by atoms with Crippen LogP contribution in [0.1, 0.15) is 89.7 Å². The van der Waals surface area contributed by atoms with E-state index in [9.17, 15) is 24.3 Å². The number of nitrogen functional groups attached to an aromatic ring is 1. The molecule has 3 heterocycles. The van der Waals surface area contributed by atoms with Crippen LogP contribution in [0.4, 0.5) is 4.79 Å². The lowest BCUT2D eigenvalue weighted by molar-refractivity contribution is -0.133. The van der Waals surface area contributed by atoms with Gasteiger partial charge in [0.25, 0.3) is 11.5 Å². The predicted octanol–water partition coefficient (Wildman–Crippen LogP) is 2.39. The number of likely N-dealkylation sites (N-methyl/N-ethyl adjacent to an activating group) is 1. The molecule has 2 saturated heterocycles. The molecule has 3 atom stereocenters. The van der Waals surface area contributed by atoms with Crippen molar-refractivity contribution in [1.29, 1.82) is 5.41 Å². The van der Waals surface area contributed by atoms with Crippen molar-refractivity contribution in [2.45, 2.75) is 102 Å². The maximum atomic E-state index is 13.5. The quantitative estimate of drug-likeness (QED) is 0.244. The molecule has 0 unspecified atom stereocenters. The summed E-state index contributed by atoms with van der Waals surface area (Å²) in [6.45, 7) is 5.38. The van der Waals surface area contributed by atoms with Gasteiger partial charge in [0.1, 0.15) is 16.9 Å². The Morgan fingerprint density at radius 2 is 1.71 bits per heavy atom. The lowest BCUT2D eigenvalue weighted by atomic mass is 9.77. The molecule has 41 heavy (non-hydrogen) atoms. The van der Waals surface area contributed by atoms with E-state index in [1.165, 1.54) is 14.0 Å². The molecule has 1 aromatic heterocycles. The summed E-state index contributed by atoms with van der Waals surface area (Å²) in [5, 5.41) is 18.6. The molecule has 4 aliphatic rings. The number of ether oxygens (including phenoxy) is 1. The van der Waals surface area contributed by atoms with Gasteiger partial charge in [0, 0.05) is 32.8 Å². The zero-order valence-corrected chi connectivity index (χ0v) is 24.4. The number of amides is 3. The van der Waals surface area contributed by atoms with E-state index in [1.807, 2.05) is 13.8 Å². The van der Waals surface area contributed by atoms with Gasteiger partial charge in [0.05, 0.1) is 6.10 Å². The van der Waals surface area contributed by atoms with Crippen molar-refractivity contribution in [3.63, 3.8) is 0 Å². The van der Waals surface area contributed by atoms with E-state index in [0.717, 1.165) is 32.1 Å². The zero-order chi connectivity index (χ0) is 29.6. The average molecular weight is 573 g/mol. The fraction of sp³-hybridized carbons (Fsp3) is 0.759. The second-order valence-corrected chi connectivity index (χ2v) is 13.0. The van der Waals surface area contributed by atoms with Gasteiger partial charge in [0.2, 0.25) is 5.88 Å². The summed E-state index contributed by atoms with van der Waals surface area (Å²) in [5.41, 5.74) is 3.12. The maximum absolute atomic E-state index is 13.5. The largest absolute Gasteiger partial charge is 0.494 e. The van der Waals surface area contributed by atoms with Crippen LogP contribution in [0.15, 0.2) is 9.59 Å². The lowest BCUT2D eigenvalue weighted by Gasteiger charge is -2.40. The molecule has 1 aromatic rings. The highest BCUT2D eigenvalue weighted by atomic mass is 16.5. The number of hydrogen-bond acceptors (Lipinski definition) is 7. The summed E-state index contributed by atoms with van der Waals surface area (Å²) >= 11 is 0. The van der Waals surface area contributed by atoms with Crippen LogP contribution in [-0.4, -0.2) is 73.7 Å². The normalized spacial score (nSPS) is 31.0. The molecule has 3 amide bonds. The van der Waals surface area contributed by atoms with Crippen molar-refractivity contribution in [2.75, 3.05) is 20.2 Å². The number of urea groups is 1. The molecule has 0 bridgehead atoms. The number of carbonyl (C=O) groups is 2. The zero-order valence-electron chi connectivity index (χ0n) is 24.4. The Kier molecular flexibility index (Phi) is 8.06. The van der Waals surface area contributed by atoms with E-state index in [0.29, 0.717) is 51.8 Å². The molecule has 4 N–H and O–H groups in total. The molecule has 2 aliphatic heterocycles. The van der Waals surface area contributed by atoms with Gasteiger partial charge in [-0.15, -0.1) is 0 Å². The summed E-state index contributed by atoms with van der Waals surface area (Å²) in [5.74, 6) is -0.617. The third-order valence-corrected chi connectivity index (χ3v) is 10.1. The average Bonchev–Trinajstić information content (AvgIpc) is 3.04. The van der Waals surface area contributed by atoms with E-state index >= 15 is 0 Å². The first kappa shape index (κ1) is 29.3. The summed E-state index contributed by atoms with van der Waals surface area (Å²) in [7, 11) is 1.55. The fourth-order valence-corrected chi connectivity index (χ4v) is 7.43. The Bertz CT molecular complexity index is 1330. The molecule has 0 radical (unpaired) electrons. The summed E-state index contributed by atoms with van der Waals surface area (Å²) in [6.07, 6.45) is 7.76. The van der Waals surface area contributed by atoms with Gasteiger partial charge in [-0.3, -0.25) is 29.0 Å². The summed E-state index contributed by atoms with van der Waals surface area (Å²) in [4.78, 5) is 56.4. The third kappa shape index (κ3) is 5.30. The molecular formula is C29H44N6O6. The molecule has 0 spiro atoms. The number of nitrogens with two attached hydrogens (primary N) is 1. The highest BCUT2D eigenvalue weighted by Crippen LogP contribution is 2.41. The topological polar surface area (TPSA) is 164 Å². The van der Waals surface area contributed by atoms with Crippen LogP contribution >= 0.6 is 0 Å². The first-order valence-corrected chi connectivity index (χ1v) is 15.1. The summed E-state index contributed by atoms with van der Waals surface area (Å²) < 4.78 is 8.07. The van der Waals surface area contributed by atoms with Crippen LogP contribution in [0.25, 0.3) is 0 Å². The number of nitrogens with zero attached hydrogens (tertiary/aromatic N) is 4. The SMILES string of the molecule is C[C@H]1C[C@@H](CN2C(=O)N(C)C(=O)[C@]2(C)CC2CCC(n3c(=O)c(C(=N)N)c(O)n(CC4CCC4)c3=O)CC2)CCO1. The molecule has 4 fully saturated rings. The van der Waals surface area contributed by atoms with E-state index in [1.54, 1.807) is 11.9 Å². The number of imide groups is 1. The maximum Gasteiger partial charge on any atom is 0.334 e. The highest BCUT2D eigenvalue weighted by Gasteiger charge is 2.54. The molecule has 12 nitrogen and oxygen atoms in total. The number of nitrogens with one attached hydrogen (secondary N) is 1. The smallest absolute Gasteiger partial charge is 0.334 e. The van der Waals surface area contributed by atoms with Crippen LogP contribution in [-0.2, 0) is 16.1 Å². The highest BCUT2D eigenvalue weighted by molar-refractivity contribution is 6.06. The molecular weight excluding hydrogens is 528 g/mol. The van der Waals surface area contributed by atoms with Crippen molar-refractivity contribution in [3.8, 4) is 5.88 Å². The minimum atomic E-state index is -0.947. The van der Waals surface area contributed by atoms with Gasteiger partial charge in [0.15, 0.2) is 0 Å². The molecule has 226 valence electrons. The molecule has 2 saturated carbocycles. The monoisotopic (exact) mass is 572 g/mol. The predicted molar refractivity (Wildman–Crippen MR) is 152 cm³/mol. The summed E-state index contributed by atoms with van der Waals surface area (Å²) in [6, 6.07) is -0.654. The van der Waals surface area contributed by atoms with Crippen LogP contribution in [0, 0.1) is 23.2 Å². The van der Waals surface area contributed by atoms with Crippen molar-refractivity contribution in [1.82, 2.24) is 18.9 Å². The van der Waals surface area contributed by atoms with Crippen molar-refractivity contribution in [3.05, 3.63) is 26.4 Å². The molecule has 2 aliphatic carbocycles.